The molecule has 0 aliphatic heterocycles. The summed E-state index contributed by atoms with van der Waals surface area (Å²) in [6.07, 6.45) is 3.25. The first-order valence-electron chi connectivity index (χ1n) is 4.52. The molecule has 11 heavy (non-hydrogen) atoms. The van der Waals surface area contributed by atoms with Gasteiger partial charge in [-0.15, -0.1) is 0 Å². The van der Waals surface area contributed by atoms with Crippen molar-refractivity contribution >= 4 is 5.78 Å². The van der Waals surface area contributed by atoms with Crippen LogP contribution < -0.4 is 0 Å². The van der Waals surface area contributed by atoms with Crippen LogP contribution in [0.5, 0.6) is 0 Å². The van der Waals surface area contributed by atoms with E-state index in [1.54, 1.807) is 0 Å². The molecule has 0 saturated heterocycles. The van der Waals surface area contributed by atoms with Crippen molar-refractivity contribution in [2.75, 3.05) is 0 Å². The summed E-state index contributed by atoms with van der Waals surface area (Å²) in [5, 5.41) is 0. The van der Waals surface area contributed by atoms with Gasteiger partial charge < -0.3 is 0 Å². The van der Waals surface area contributed by atoms with Crippen LogP contribution in [0.2, 0.25) is 0 Å². The molecule has 2 fully saturated rings. The van der Waals surface area contributed by atoms with Crippen LogP contribution in [0.25, 0.3) is 0 Å². The van der Waals surface area contributed by atoms with Crippen molar-refractivity contribution in [3.05, 3.63) is 0 Å². The fraction of sp³-hybridized carbons (Fsp3) is 0.900. The molecule has 2 rings (SSSR count). The maximum atomic E-state index is 11.6. The highest BCUT2D eigenvalue weighted by atomic mass is 16.1. The average molecular weight is 152 g/mol. The lowest BCUT2D eigenvalue weighted by Gasteiger charge is -2.32. The van der Waals surface area contributed by atoms with Crippen molar-refractivity contribution in [1.29, 1.82) is 0 Å². The van der Waals surface area contributed by atoms with E-state index in [0.29, 0.717) is 11.7 Å². The predicted molar refractivity (Wildman–Crippen MR) is 44.2 cm³/mol. The lowest BCUT2D eigenvalue weighted by molar-refractivity contribution is -0.128. The second kappa shape index (κ2) is 1.70. The van der Waals surface area contributed by atoms with Crippen molar-refractivity contribution in [1.82, 2.24) is 0 Å². The van der Waals surface area contributed by atoms with Gasteiger partial charge >= 0.3 is 0 Å². The van der Waals surface area contributed by atoms with Crippen LogP contribution in [0.3, 0.4) is 0 Å². The molecule has 0 heterocycles. The molecule has 2 saturated carbocycles. The molecule has 0 radical (unpaired) electrons. The van der Waals surface area contributed by atoms with Gasteiger partial charge in [-0.3, -0.25) is 4.79 Å². The third kappa shape index (κ3) is 0.605. The lowest BCUT2D eigenvalue weighted by atomic mass is 9.70. The van der Waals surface area contributed by atoms with Gasteiger partial charge in [-0.2, -0.15) is 0 Å². The van der Waals surface area contributed by atoms with Gasteiger partial charge in [0.25, 0.3) is 0 Å². The minimum absolute atomic E-state index is 0.0255. The van der Waals surface area contributed by atoms with Crippen LogP contribution in [0.1, 0.15) is 40.0 Å². The number of hydrogen-bond acceptors (Lipinski definition) is 1. The number of carbonyl (C=O) groups excluding carboxylic acids is 1. The number of carbonyl (C=O) groups is 1. The summed E-state index contributed by atoms with van der Waals surface area (Å²) in [5.41, 5.74) is 0.307. The second-order valence-corrected chi connectivity index (χ2v) is 4.92. The van der Waals surface area contributed by atoms with Gasteiger partial charge in [0.2, 0.25) is 0 Å². The van der Waals surface area contributed by atoms with Gasteiger partial charge in [-0.25, -0.2) is 0 Å². The second-order valence-electron chi connectivity index (χ2n) is 4.92. The Morgan fingerprint density at radius 3 is 2.18 bits per heavy atom. The summed E-state index contributed by atoms with van der Waals surface area (Å²) in [6, 6.07) is 0. The highest BCUT2D eigenvalue weighted by molar-refractivity contribution is 5.89. The van der Waals surface area contributed by atoms with Gasteiger partial charge in [0.15, 0.2) is 0 Å². The van der Waals surface area contributed by atoms with Gasteiger partial charge in [0.05, 0.1) is 0 Å². The summed E-state index contributed by atoms with van der Waals surface area (Å²) in [4.78, 5) is 11.6. The number of ketones is 1. The first kappa shape index (κ1) is 7.33. The van der Waals surface area contributed by atoms with Crippen molar-refractivity contribution < 1.29 is 4.79 Å². The van der Waals surface area contributed by atoms with Gasteiger partial charge in [0, 0.05) is 11.8 Å². The van der Waals surface area contributed by atoms with E-state index in [1.165, 1.54) is 6.42 Å². The maximum absolute atomic E-state index is 11.6. The molecular formula is C10H16O. The first-order valence-corrected chi connectivity index (χ1v) is 4.52. The Hall–Kier alpha value is -0.330. The lowest BCUT2D eigenvalue weighted by Crippen LogP contribution is -2.32. The number of Topliss-reactive ketones (excluding diaryl/α,β-unsaturated/α-hetero) is 1. The van der Waals surface area contributed by atoms with Gasteiger partial charge in [0.1, 0.15) is 5.78 Å². The van der Waals surface area contributed by atoms with E-state index >= 15 is 0 Å². The zero-order valence-electron chi connectivity index (χ0n) is 7.61. The highest BCUT2D eigenvalue weighted by Gasteiger charge is 2.61. The largest absolute Gasteiger partial charge is 0.299 e. The van der Waals surface area contributed by atoms with Crippen LogP contribution >= 0.6 is 0 Å². The van der Waals surface area contributed by atoms with Crippen molar-refractivity contribution in [2.45, 2.75) is 40.0 Å². The van der Waals surface area contributed by atoms with E-state index in [0.717, 1.165) is 12.8 Å². The maximum Gasteiger partial charge on any atom is 0.139 e. The summed E-state index contributed by atoms with van der Waals surface area (Å²) in [7, 11) is 0. The molecule has 2 bridgehead atoms. The monoisotopic (exact) mass is 152 g/mol. The Kier molecular flexibility index (Phi) is 1.13. The third-order valence-corrected chi connectivity index (χ3v) is 4.48. The van der Waals surface area contributed by atoms with E-state index in [2.05, 4.69) is 20.8 Å². The molecule has 0 aromatic rings. The zero-order valence-corrected chi connectivity index (χ0v) is 7.61. The van der Waals surface area contributed by atoms with E-state index in [-0.39, 0.29) is 10.8 Å². The quantitative estimate of drug-likeness (QED) is 0.521. The fourth-order valence-corrected chi connectivity index (χ4v) is 2.90. The molecule has 1 nitrogen and oxygen atoms in total. The molecule has 2 aliphatic rings. The number of hydrogen-bond donors (Lipinski definition) is 0. The molecule has 0 aromatic carbocycles. The van der Waals surface area contributed by atoms with Crippen LogP contribution in [-0.4, -0.2) is 5.78 Å². The van der Waals surface area contributed by atoms with E-state index in [4.69, 9.17) is 0 Å². The molecule has 0 spiro atoms. The molecule has 2 atom stereocenters. The SMILES string of the molecule is CC12CC[C@H](CC1=O)C2(C)C. The molecule has 1 unspecified atom stereocenters. The third-order valence-electron chi connectivity index (χ3n) is 4.48. The topological polar surface area (TPSA) is 17.1 Å². The summed E-state index contributed by atoms with van der Waals surface area (Å²) in [6.45, 7) is 6.67. The molecule has 0 N–H and O–H groups in total. The highest BCUT2D eigenvalue weighted by Crippen LogP contribution is 2.63. The average Bonchev–Trinajstić information content (AvgIpc) is 2.20. The standard InChI is InChI=1S/C10H16O/c1-9(2)7-4-5-10(9,3)8(11)6-7/h7H,4-6H2,1-3H3/t7-,10?/m1/s1. The Balaban J connectivity index is 2.47. The molecular weight excluding hydrogens is 136 g/mol. The van der Waals surface area contributed by atoms with Crippen LogP contribution in [0.15, 0.2) is 0 Å². The summed E-state index contributed by atoms with van der Waals surface area (Å²) in [5.74, 6) is 1.19. The van der Waals surface area contributed by atoms with Crippen molar-refractivity contribution in [3.63, 3.8) is 0 Å². The molecule has 2 aliphatic carbocycles. The van der Waals surface area contributed by atoms with Crippen LogP contribution in [0, 0.1) is 16.7 Å². The molecule has 0 amide bonds. The van der Waals surface area contributed by atoms with Gasteiger partial charge in [-0.1, -0.05) is 20.8 Å². The van der Waals surface area contributed by atoms with Crippen LogP contribution in [-0.2, 0) is 4.79 Å². The number of fused-ring (bicyclic) bond motifs is 2. The molecule has 1 heteroatoms. The zero-order chi connectivity index (χ0) is 8.28. The molecule has 62 valence electrons. The van der Waals surface area contributed by atoms with Crippen LogP contribution in [0.4, 0.5) is 0 Å². The Bertz CT molecular complexity index is 217. The fourth-order valence-electron chi connectivity index (χ4n) is 2.90. The Morgan fingerprint density at radius 2 is 2.00 bits per heavy atom. The number of rotatable bonds is 0. The Morgan fingerprint density at radius 1 is 1.36 bits per heavy atom. The normalized spacial score (nSPS) is 46.8. The predicted octanol–water partition coefficient (Wildman–Crippen LogP) is 2.40. The van der Waals surface area contributed by atoms with E-state index in [1.807, 2.05) is 0 Å². The van der Waals surface area contributed by atoms with E-state index in [9.17, 15) is 4.79 Å². The van der Waals surface area contributed by atoms with Crippen molar-refractivity contribution in [2.24, 2.45) is 16.7 Å². The minimum atomic E-state index is 0.0255. The first-order chi connectivity index (χ1) is 4.98. The van der Waals surface area contributed by atoms with Gasteiger partial charge in [-0.05, 0) is 24.2 Å². The Labute approximate surface area is 68.2 Å². The summed E-state index contributed by atoms with van der Waals surface area (Å²) < 4.78 is 0. The van der Waals surface area contributed by atoms with Crippen molar-refractivity contribution in [3.8, 4) is 0 Å². The summed E-state index contributed by atoms with van der Waals surface area (Å²) >= 11 is 0. The van der Waals surface area contributed by atoms with E-state index < -0.39 is 0 Å². The smallest absolute Gasteiger partial charge is 0.139 e. The molecule has 0 aromatic heterocycles. The minimum Gasteiger partial charge on any atom is -0.299 e.